The maximum Gasteiger partial charge on any atom is 0.573 e. The number of nitrogens with zero attached hydrogens (tertiary/aromatic N) is 1. The van der Waals surface area contributed by atoms with Gasteiger partial charge in [-0.15, -0.1) is 13.2 Å². The van der Waals surface area contributed by atoms with Crippen LogP contribution in [0.25, 0.3) is 11.3 Å². The number of halogens is 3. The maximum absolute atomic E-state index is 12.2. The summed E-state index contributed by atoms with van der Waals surface area (Å²) in [6, 6.07) is 14.5. The standard InChI is InChI=1S/C21H19F3N2O3/c1-14(15-7-9-17(10-8-15)29-21(22,23)24)26-19(27)11-12-20-25-13-18(28-20)16-5-3-2-4-6-16/h2-10,13-14H,11-12H2,1H3,(H,26,27)/t14-/m1/s1. The molecule has 1 heterocycles. The molecule has 0 aliphatic rings. The summed E-state index contributed by atoms with van der Waals surface area (Å²) in [4.78, 5) is 16.4. The summed E-state index contributed by atoms with van der Waals surface area (Å²) in [5.74, 6) is 0.571. The van der Waals surface area contributed by atoms with Gasteiger partial charge in [0.25, 0.3) is 0 Å². The smallest absolute Gasteiger partial charge is 0.441 e. The summed E-state index contributed by atoms with van der Waals surface area (Å²) in [7, 11) is 0. The lowest BCUT2D eigenvalue weighted by Gasteiger charge is -2.15. The van der Waals surface area contributed by atoms with Gasteiger partial charge in [0, 0.05) is 18.4 Å². The molecule has 3 aromatic rings. The number of hydrogen-bond donors (Lipinski definition) is 1. The second-order valence-corrected chi connectivity index (χ2v) is 6.39. The lowest BCUT2D eigenvalue weighted by Crippen LogP contribution is -2.26. The SMILES string of the molecule is C[C@@H](NC(=O)CCc1ncc(-c2ccccc2)o1)c1ccc(OC(F)(F)F)cc1. The number of amides is 1. The highest BCUT2D eigenvalue weighted by Crippen LogP contribution is 2.24. The predicted molar refractivity (Wildman–Crippen MR) is 99.9 cm³/mol. The van der Waals surface area contributed by atoms with Crippen LogP contribution in [0.5, 0.6) is 5.75 Å². The second kappa shape index (κ2) is 8.81. The molecule has 5 nitrogen and oxygen atoms in total. The van der Waals surface area contributed by atoms with Gasteiger partial charge in [-0.2, -0.15) is 0 Å². The van der Waals surface area contributed by atoms with E-state index in [0.717, 1.165) is 5.56 Å². The van der Waals surface area contributed by atoms with Crippen LogP contribution in [0.3, 0.4) is 0 Å². The van der Waals surface area contributed by atoms with Gasteiger partial charge in [-0.3, -0.25) is 4.79 Å². The monoisotopic (exact) mass is 404 g/mol. The first-order valence-electron chi connectivity index (χ1n) is 8.95. The molecule has 1 N–H and O–H groups in total. The lowest BCUT2D eigenvalue weighted by molar-refractivity contribution is -0.274. The van der Waals surface area contributed by atoms with Crippen molar-refractivity contribution in [2.24, 2.45) is 0 Å². The number of carbonyl (C=O) groups excluding carboxylic acids is 1. The number of alkyl halides is 3. The molecule has 0 fully saturated rings. The van der Waals surface area contributed by atoms with Gasteiger partial charge in [0.15, 0.2) is 11.7 Å². The van der Waals surface area contributed by atoms with Crippen molar-refractivity contribution in [3.8, 4) is 17.1 Å². The van der Waals surface area contributed by atoms with E-state index in [1.165, 1.54) is 24.3 Å². The molecule has 0 radical (unpaired) electrons. The molecular formula is C21H19F3N2O3. The summed E-state index contributed by atoms with van der Waals surface area (Å²) in [5.41, 5.74) is 1.57. The normalized spacial score (nSPS) is 12.4. The predicted octanol–water partition coefficient (Wildman–Crippen LogP) is 5.05. The number of aryl methyl sites for hydroxylation is 1. The largest absolute Gasteiger partial charge is 0.573 e. The van der Waals surface area contributed by atoms with E-state index in [9.17, 15) is 18.0 Å². The Morgan fingerprint density at radius 2 is 1.83 bits per heavy atom. The van der Waals surface area contributed by atoms with Crippen LogP contribution in [0.15, 0.2) is 65.2 Å². The number of benzene rings is 2. The molecule has 0 saturated carbocycles. The first-order valence-corrected chi connectivity index (χ1v) is 8.95. The number of ether oxygens (including phenoxy) is 1. The summed E-state index contributed by atoms with van der Waals surface area (Å²) in [6.45, 7) is 1.75. The Morgan fingerprint density at radius 1 is 1.14 bits per heavy atom. The molecule has 152 valence electrons. The van der Waals surface area contributed by atoms with Crippen LogP contribution >= 0.6 is 0 Å². The number of nitrogens with one attached hydrogen (secondary N) is 1. The molecule has 0 aliphatic carbocycles. The van der Waals surface area contributed by atoms with Crippen LogP contribution in [0.1, 0.15) is 30.8 Å². The van der Waals surface area contributed by atoms with Crippen LogP contribution in [0.2, 0.25) is 0 Å². The Bertz CT molecular complexity index is 938. The third-order valence-electron chi connectivity index (χ3n) is 4.17. The van der Waals surface area contributed by atoms with Crippen LogP contribution in [-0.2, 0) is 11.2 Å². The van der Waals surface area contributed by atoms with Gasteiger partial charge < -0.3 is 14.5 Å². The van der Waals surface area contributed by atoms with Crippen LogP contribution in [0.4, 0.5) is 13.2 Å². The van der Waals surface area contributed by atoms with Gasteiger partial charge in [-0.25, -0.2) is 4.98 Å². The lowest BCUT2D eigenvalue weighted by atomic mass is 10.1. The average Bonchev–Trinajstić information content (AvgIpc) is 3.15. The van der Waals surface area contributed by atoms with Gasteiger partial charge in [-0.05, 0) is 24.6 Å². The topological polar surface area (TPSA) is 64.4 Å². The van der Waals surface area contributed by atoms with Crippen molar-refractivity contribution >= 4 is 5.91 Å². The van der Waals surface area contributed by atoms with E-state index < -0.39 is 6.36 Å². The molecule has 0 aliphatic heterocycles. The average molecular weight is 404 g/mol. The molecule has 0 spiro atoms. The van der Waals surface area contributed by atoms with Gasteiger partial charge in [0.2, 0.25) is 5.91 Å². The maximum atomic E-state index is 12.2. The van der Waals surface area contributed by atoms with E-state index in [4.69, 9.17) is 4.42 Å². The second-order valence-electron chi connectivity index (χ2n) is 6.39. The van der Waals surface area contributed by atoms with E-state index in [1.54, 1.807) is 13.1 Å². The van der Waals surface area contributed by atoms with Crippen molar-refractivity contribution in [3.05, 3.63) is 72.2 Å². The Balaban J connectivity index is 1.50. The van der Waals surface area contributed by atoms with E-state index in [0.29, 0.717) is 23.6 Å². The Morgan fingerprint density at radius 3 is 2.48 bits per heavy atom. The first kappa shape index (κ1) is 20.4. The summed E-state index contributed by atoms with van der Waals surface area (Å²) >= 11 is 0. The highest BCUT2D eigenvalue weighted by Gasteiger charge is 2.31. The Labute approximate surface area is 165 Å². The Hall–Kier alpha value is -3.29. The fourth-order valence-electron chi connectivity index (χ4n) is 2.74. The highest BCUT2D eigenvalue weighted by molar-refractivity contribution is 5.76. The van der Waals surface area contributed by atoms with Crippen molar-refractivity contribution in [1.29, 1.82) is 0 Å². The van der Waals surface area contributed by atoms with E-state index in [1.807, 2.05) is 30.3 Å². The number of oxazole rings is 1. The molecule has 1 aromatic heterocycles. The molecule has 0 bridgehead atoms. The zero-order valence-electron chi connectivity index (χ0n) is 15.6. The van der Waals surface area contributed by atoms with E-state index >= 15 is 0 Å². The zero-order valence-corrected chi connectivity index (χ0v) is 15.6. The minimum Gasteiger partial charge on any atom is -0.441 e. The van der Waals surface area contributed by atoms with Crippen molar-refractivity contribution in [3.63, 3.8) is 0 Å². The van der Waals surface area contributed by atoms with E-state index in [-0.39, 0.29) is 24.1 Å². The molecular weight excluding hydrogens is 385 g/mol. The van der Waals surface area contributed by atoms with Gasteiger partial charge in [-0.1, -0.05) is 42.5 Å². The summed E-state index contributed by atoms with van der Waals surface area (Å²) < 4.78 is 46.1. The van der Waals surface area contributed by atoms with E-state index in [2.05, 4.69) is 15.0 Å². The van der Waals surface area contributed by atoms with Gasteiger partial charge in [0.1, 0.15) is 5.75 Å². The fourth-order valence-corrected chi connectivity index (χ4v) is 2.74. The van der Waals surface area contributed by atoms with Crippen molar-refractivity contribution in [1.82, 2.24) is 10.3 Å². The molecule has 2 aromatic carbocycles. The third kappa shape index (κ3) is 6.10. The number of rotatable bonds is 7. The molecule has 0 unspecified atom stereocenters. The highest BCUT2D eigenvalue weighted by atomic mass is 19.4. The van der Waals surface area contributed by atoms with Gasteiger partial charge in [0.05, 0.1) is 12.2 Å². The number of carbonyl (C=O) groups is 1. The Kier molecular flexibility index (Phi) is 6.21. The zero-order chi connectivity index (χ0) is 20.9. The summed E-state index contributed by atoms with van der Waals surface area (Å²) in [6.07, 6.45) is -2.60. The first-order chi connectivity index (χ1) is 13.8. The van der Waals surface area contributed by atoms with Crippen LogP contribution in [-0.4, -0.2) is 17.3 Å². The van der Waals surface area contributed by atoms with Crippen LogP contribution < -0.4 is 10.1 Å². The van der Waals surface area contributed by atoms with Crippen molar-refractivity contribution in [2.75, 3.05) is 0 Å². The quantitative estimate of drug-likeness (QED) is 0.599. The third-order valence-corrected chi connectivity index (χ3v) is 4.17. The minimum atomic E-state index is -4.73. The van der Waals surface area contributed by atoms with Crippen LogP contribution in [0, 0.1) is 0 Å². The molecule has 8 heteroatoms. The van der Waals surface area contributed by atoms with Crippen molar-refractivity contribution in [2.45, 2.75) is 32.2 Å². The molecule has 1 atom stereocenters. The fraction of sp³-hybridized carbons (Fsp3) is 0.238. The molecule has 1 amide bonds. The summed E-state index contributed by atoms with van der Waals surface area (Å²) in [5, 5.41) is 2.80. The minimum absolute atomic E-state index is 0.175. The molecule has 3 rings (SSSR count). The van der Waals surface area contributed by atoms with Crippen molar-refractivity contribution < 1.29 is 27.1 Å². The number of hydrogen-bond acceptors (Lipinski definition) is 4. The molecule has 0 saturated heterocycles. The molecule has 29 heavy (non-hydrogen) atoms. The van der Waals surface area contributed by atoms with Gasteiger partial charge >= 0.3 is 6.36 Å². The number of aromatic nitrogens is 1.